The molecule has 0 atom stereocenters. The van der Waals surface area contributed by atoms with Gasteiger partial charge in [0.15, 0.2) is 17.2 Å². The Kier molecular flexibility index (Phi) is 5.90. The van der Waals surface area contributed by atoms with Crippen LogP contribution in [0, 0.1) is 0 Å². The van der Waals surface area contributed by atoms with Gasteiger partial charge >= 0.3 is 0 Å². The third kappa shape index (κ3) is 4.15. The van der Waals surface area contributed by atoms with Crippen molar-refractivity contribution in [3.05, 3.63) is 41.5 Å². The average Bonchev–Trinajstić information content (AvgIpc) is 2.61. The number of carbonyl (C=O) groups is 1. The van der Waals surface area contributed by atoms with Crippen LogP contribution in [0.1, 0.15) is 29.8 Å². The predicted molar refractivity (Wildman–Crippen MR) is 98.2 cm³/mol. The molecule has 0 aliphatic carbocycles. The molecule has 26 heavy (non-hydrogen) atoms. The monoisotopic (exact) mass is 359 g/mol. The first kappa shape index (κ1) is 18.9. The Labute approximate surface area is 150 Å². The van der Waals surface area contributed by atoms with E-state index in [1.807, 2.05) is 19.9 Å². The summed E-state index contributed by atoms with van der Waals surface area (Å²) in [5.74, 6) is -2.63. The Morgan fingerprint density at radius 1 is 1.04 bits per heavy atom. The summed E-state index contributed by atoms with van der Waals surface area (Å²) in [6.45, 7) is 5.66. The van der Waals surface area contributed by atoms with Crippen molar-refractivity contribution in [1.82, 2.24) is 5.43 Å². The van der Waals surface area contributed by atoms with Crippen LogP contribution in [0.25, 0.3) is 0 Å². The number of aromatic hydroxyl groups is 4. The Bertz CT molecular complexity index is 809. The first-order valence-electron chi connectivity index (χ1n) is 8.03. The van der Waals surface area contributed by atoms with Crippen LogP contribution in [0.5, 0.6) is 23.0 Å². The number of hydrazone groups is 1. The second-order valence-electron chi connectivity index (χ2n) is 5.48. The molecule has 0 aromatic heterocycles. The zero-order valence-corrected chi connectivity index (χ0v) is 14.5. The van der Waals surface area contributed by atoms with Gasteiger partial charge in [0.25, 0.3) is 5.91 Å². The molecule has 0 unspecified atom stereocenters. The van der Waals surface area contributed by atoms with Crippen LogP contribution in [0.3, 0.4) is 0 Å². The van der Waals surface area contributed by atoms with Crippen LogP contribution in [0.2, 0.25) is 0 Å². The van der Waals surface area contributed by atoms with E-state index < -0.39 is 23.2 Å². The normalized spacial score (nSPS) is 10.8. The molecule has 0 aliphatic rings. The highest BCUT2D eigenvalue weighted by molar-refractivity contribution is 5.96. The third-order valence-corrected chi connectivity index (χ3v) is 3.84. The van der Waals surface area contributed by atoms with Crippen molar-refractivity contribution >= 4 is 17.8 Å². The summed E-state index contributed by atoms with van der Waals surface area (Å²) in [5, 5.41) is 41.9. The number of hydrogen-bond acceptors (Lipinski definition) is 7. The topological polar surface area (TPSA) is 126 Å². The molecule has 5 N–H and O–H groups in total. The van der Waals surface area contributed by atoms with E-state index in [-0.39, 0.29) is 11.3 Å². The molecule has 0 fully saturated rings. The first-order chi connectivity index (χ1) is 12.4. The molecule has 138 valence electrons. The fourth-order valence-electron chi connectivity index (χ4n) is 2.39. The lowest BCUT2D eigenvalue weighted by Gasteiger charge is -2.21. The molecule has 0 spiro atoms. The highest BCUT2D eigenvalue weighted by Crippen LogP contribution is 2.35. The Hall–Kier alpha value is -3.42. The summed E-state index contributed by atoms with van der Waals surface area (Å²) in [6.07, 6.45) is 1.28. The molecule has 0 aliphatic heterocycles. The van der Waals surface area contributed by atoms with Crippen LogP contribution in [-0.2, 0) is 0 Å². The molecule has 1 amide bonds. The van der Waals surface area contributed by atoms with Gasteiger partial charge in [-0.05, 0) is 38.1 Å². The van der Waals surface area contributed by atoms with Gasteiger partial charge in [0.2, 0.25) is 0 Å². The molecule has 2 aromatic carbocycles. The van der Waals surface area contributed by atoms with Crippen molar-refractivity contribution in [3.8, 4) is 23.0 Å². The minimum absolute atomic E-state index is 0.0207. The average molecular weight is 359 g/mol. The molecule has 8 nitrogen and oxygen atoms in total. The molecular weight excluding hydrogens is 338 g/mol. The number of nitrogens with one attached hydrogen (secondary N) is 1. The highest BCUT2D eigenvalue weighted by atomic mass is 16.3. The van der Waals surface area contributed by atoms with Crippen molar-refractivity contribution in [2.45, 2.75) is 13.8 Å². The molecule has 0 bridgehead atoms. The van der Waals surface area contributed by atoms with Crippen LogP contribution in [-0.4, -0.2) is 45.6 Å². The SMILES string of the molecule is CCN(CC)c1ccc(C=NNC(=O)c2cc(O)c(O)c(O)c2)c(O)c1. The second kappa shape index (κ2) is 8.11. The van der Waals surface area contributed by atoms with Gasteiger partial charge in [-0.1, -0.05) is 0 Å². The molecule has 0 saturated carbocycles. The second-order valence-corrected chi connectivity index (χ2v) is 5.48. The lowest BCUT2D eigenvalue weighted by molar-refractivity contribution is 0.0954. The number of anilines is 1. The van der Waals surface area contributed by atoms with Gasteiger partial charge in [-0.3, -0.25) is 4.79 Å². The van der Waals surface area contributed by atoms with E-state index in [1.54, 1.807) is 12.1 Å². The number of phenolic OH excluding ortho intramolecular Hbond substituents is 4. The zero-order chi connectivity index (χ0) is 19.3. The molecule has 2 rings (SSSR count). The van der Waals surface area contributed by atoms with Crippen molar-refractivity contribution in [1.29, 1.82) is 0 Å². The number of rotatable bonds is 6. The summed E-state index contributed by atoms with van der Waals surface area (Å²) in [5.41, 5.74) is 3.42. The van der Waals surface area contributed by atoms with E-state index in [1.165, 1.54) is 6.21 Å². The molecular formula is C18H21N3O5. The van der Waals surface area contributed by atoms with E-state index in [0.717, 1.165) is 30.9 Å². The summed E-state index contributed by atoms with van der Waals surface area (Å²) < 4.78 is 0. The van der Waals surface area contributed by atoms with E-state index in [0.29, 0.717) is 5.56 Å². The number of carbonyl (C=O) groups excluding carboxylic acids is 1. The van der Waals surface area contributed by atoms with E-state index >= 15 is 0 Å². The van der Waals surface area contributed by atoms with Crippen LogP contribution in [0.15, 0.2) is 35.4 Å². The Balaban J connectivity index is 2.09. The molecule has 0 radical (unpaired) electrons. The summed E-state index contributed by atoms with van der Waals surface area (Å²) >= 11 is 0. The Morgan fingerprint density at radius 3 is 2.19 bits per heavy atom. The largest absolute Gasteiger partial charge is 0.507 e. The van der Waals surface area contributed by atoms with Crippen molar-refractivity contribution in [2.24, 2.45) is 5.10 Å². The summed E-state index contributed by atoms with van der Waals surface area (Å²) in [6, 6.07) is 7.13. The molecule has 2 aromatic rings. The maximum absolute atomic E-state index is 12.0. The quantitative estimate of drug-likeness (QED) is 0.306. The van der Waals surface area contributed by atoms with Gasteiger partial charge in [0.05, 0.1) is 6.21 Å². The van der Waals surface area contributed by atoms with Crippen molar-refractivity contribution < 1.29 is 25.2 Å². The van der Waals surface area contributed by atoms with E-state index in [9.17, 15) is 25.2 Å². The molecule has 0 saturated heterocycles. The van der Waals surface area contributed by atoms with Gasteiger partial charge in [-0.25, -0.2) is 5.43 Å². The Morgan fingerprint density at radius 2 is 1.65 bits per heavy atom. The van der Waals surface area contributed by atoms with Gasteiger partial charge < -0.3 is 25.3 Å². The van der Waals surface area contributed by atoms with Crippen molar-refractivity contribution in [3.63, 3.8) is 0 Å². The van der Waals surface area contributed by atoms with Crippen LogP contribution >= 0.6 is 0 Å². The maximum atomic E-state index is 12.0. The summed E-state index contributed by atoms with van der Waals surface area (Å²) in [4.78, 5) is 14.0. The van der Waals surface area contributed by atoms with Gasteiger partial charge in [0, 0.05) is 36.0 Å². The van der Waals surface area contributed by atoms with Gasteiger partial charge in [-0.2, -0.15) is 5.10 Å². The van der Waals surface area contributed by atoms with Crippen LogP contribution < -0.4 is 10.3 Å². The fraction of sp³-hybridized carbons (Fsp3) is 0.222. The minimum atomic E-state index is -0.705. The van der Waals surface area contributed by atoms with Gasteiger partial charge in [0.1, 0.15) is 5.75 Å². The lowest BCUT2D eigenvalue weighted by Crippen LogP contribution is -2.21. The smallest absolute Gasteiger partial charge is 0.271 e. The predicted octanol–water partition coefficient (Wildman–Crippen LogP) is 2.12. The molecule has 8 heteroatoms. The number of amides is 1. The lowest BCUT2D eigenvalue weighted by atomic mass is 10.1. The number of hydrogen-bond donors (Lipinski definition) is 5. The third-order valence-electron chi connectivity index (χ3n) is 3.84. The maximum Gasteiger partial charge on any atom is 0.271 e. The fourth-order valence-corrected chi connectivity index (χ4v) is 2.39. The number of benzene rings is 2. The van der Waals surface area contributed by atoms with E-state index in [2.05, 4.69) is 15.4 Å². The summed E-state index contributed by atoms with van der Waals surface area (Å²) in [7, 11) is 0. The number of nitrogens with zero attached hydrogens (tertiary/aromatic N) is 2. The molecule has 0 heterocycles. The van der Waals surface area contributed by atoms with Crippen molar-refractivity contribution in [2.75, 3.05) is 18.0 Å². The zero-order valence-electron chi connectivity index (χ0n) is 14.5. The first-order valence-corrected chi connectivity index (χ1v) is 8.03. The van der Waals surface area contributed by atoms with E-state index in [4.69, 9.17) is 0 Å². The van der Waals surface area contributed by atoms with Gasteiger partial charge in [-0.15, -0.1) is 0 Å². The van der Waals surface area contributed by atoms with Crippen LogP contribution in [0.4, 0.5) is 5.69 Å². The minimum Gasteiger partial charge on any atom is -0.507 e. The highest BCUT2D eigenvalue weighted by Gasteiger charge is 2.13. The number of phenols is 4. The standard InChI is InChI=1S/C18H21N3O5/c1-3-21(4-2)13-6-5-11(14(22)9-13)10-19-20-18(26)12-7-15(23)17(25)16(24)8-12/h5-10,22-25H,3-4H2,1-2H3,(H,20,26).